The molecule has 1 amide bonds. The number of carbonyl (C=O) groups is 2. The van der Waals surface area contributed by atoms with Crippen molar-refractivity contribution in [2.45, 2.75) is 13.3 Å². The van der Waals surface area contributed by atoms with Crippen LogP contribution in [0.3, 0.4) is 0 Å². The molecular weight excluding hydrogens is 388 g/mol. The Balaban J connectivity index is 1.50. The van der Waals surface area contributed by atoms with E-state index in [9.17, 15) is 9.59 Å². The zero-order valence-corrected chi connectivity index (χ0v) is 16.2. The number of nitrogens with zero attached hydrogens (tertiary/aromatic N) is 1. The molecule has 3 aromatic heterocycles. The molecule has 26 heavy (non-hydrogen) atoms. The second-order valence-corrected chi connectivity index (χ2v) is 8.48. The molecule has 0 unspecified atom stereocenters. The summed E-state index contributed by atoms with van der Waals surface area (Å²) in [6.07, 6.45) is 0.112. The van der Waals surface area contributed by atoms with E-state index in [-0.39, 0.29) is 18.3 Å². The van der Waals surface area contributed by atoms with E-state index in [0.717, 1.165) is 9.40 Å². The molecule has 4 rings (SSSR count). The number of anilines is 1. The summed E-state index contributed by atoms with van der Waals surface area (Å²) in [7, 11) is 0. The van der Waals surface area contributed by atoms with Crippen LogP contribution in [0, 0.1) is 0 Å². The largest absolute Gasteiger partial charge is 0.466 e. The minimum atomic E-state index is -0.318. The average molecular weight is 403 g/mol. The highest BCUT2D eigenvalue weighted by Gasteiger charge is 2.16. The van der Waals surface area contributed by atoms with Gasteiger partial charge >= 0.3 is 5.97 Å². The molecule has 0 bridgehead atoms. The summed E-state index contributed by atoms with van der Waals surface area (Å²) in [6.45, 7) is 2.11. The van der Waals surface area contributed by atoms with E-state index in [1.807, 2.05) is 18.2 Å². The average Bonchev–Trinajstić information content (AvgIpc) is 3.29. The van der Waals surface area contributed by atoms with E-state index in [2.05, 4.69) is 22.4 Å². The molecule has 0 aliphatic heterocycles. The Hall–Kier alpha value is -2.29. The minimum absolute atomic E-state index is 0.112. The van der Waals surface area contributed by atoms with Gasteiger partial charge < -0.3 is 4.74 Å². The maximum absolute atomic E-state index is 12.5. The number of ether oxygens (including phenoxy) is 1. The third kappa shape index (κ3) is 3.35. The van der Waals surface area contributed by atoms with Crippen molar-refractivity contribution in [1.82, 2.24) is 4.98 Å². The summed E-state index contributed by atoms with van der Waals surface area (Å²) in [4.78, 5) is 29.0. The molecular formula is C18H14N2O3S3. The van der Waals surface area contributed by atoms with Crippen molar-refractivity contribution in [3.63, 3.8) is 0 Å². The van der Waals surface area contributed by atoms with Crippen molar-refractivity contribution in [1.29, 1.82) is 0 Å². The number of carbonyl (C=O) groups excluding carboxylic acids is 2. The van der Waals surface area contributed by atoms with Gasteiger partial charge in [-0.1, -0.05) is 18.2 Å². The summed E-state index contributed by atoms with van der Waals surface area (Å²) in [5.74, 6) is -0.499. The van der Waals surface area contributed by atoms with Crippen LogP contribution in [0.4, 0.5) is 5.13 Å². The number of aromatic nitrogens is 1. The van der Waals surface area contributed by atoms with Gasteiger partial charge in [0.2, 0.25) is 0 Å². The highest BCUT2D eigenvalue weighted by Crippen LogP contribution is 2.39. The van der Waals surface area contributed by atoms with Crippen LogP contribution in [0.5, 0.6) is 0 Å². The van der Waals surface area contributed by atoms with Crippen molar-refractivity contribution in [3.05, 3.63) is 46.3 Å². The van der Waals surface area contributed by atoms with Gasteiger partial charge in [-0.05, 0) is 19.1 Å². The number of thiazole rings is 1. The van der Waals surface area contributed by atoms with Gasteiger partial charge in [0.05, 0.1) is 28.3 Å². The van der Waals surface area contributed by atoms with E-state index in [1.54, 1.807) is 23.6 Å². The lowest BCUT2D eigenvalue weighted by atomic mass is 10.2. The highest BCUT2D eigenvalue weighted by molar-refractivity contribution is 7.33. The maximum Gasteiger partial charge on any atom is 0.311 e. The number of hydrogen-bond donors (Lipinski definition) is 1. The molecule has 1 N–H and O–H groups in total. The molecule has 5 nitrogen and oxygen atoms in total. The third-order valence-corrected chi connectivity index (χ3v) is 6.90. The van der Waals surface area contributed by atoms with E-state index in [1.165, 1.54) is 32.8 Å². The summed E-state index contributed by atoms with van der Waals surface area (Å²) < 4.78 is 8.38. The monoisotopic (exact) mass is 402 g/mol. The SMILES string of the molecule is CCOC(=O)Cc1csc(NC(=O)c2cc3sc4ccccc4c3s2)n1. The molecule has 0 saturated carbocycles. The molecule has 1 aromatic carbocycles. The summed E-state index contributed by atoms with van der Waals surface area (Å²) in [5.41, 5.74) is 0.599. The van der Waals surface area contributed by atoms with Crippen LogP contribution in [0.2, 0.25) is 0 Å². The van der Waals surface area contributed by atoms with Crippen LogP contribution in [-0.2, 0) is 16.0 Å². The van der Waals surface area contributed by atoms with Gasteiger partial charge in [0.1, 0.15) is 0 Å². The van der Waals surface area contributed by atoms with Gasteiger partial charge in [-0.2, -0.15) is 0 Å². The molecule has 132 valence electrons. The number of fused-ring (bicyclic) bond motifs is 3. The smallest absolute Gasteiger partial charge is 0.311 e. The normalized spacial score (nSPS) is 11.1. The lowest BCUT2D eigenvalue weighted by molar-refractivity contribution is -0.142. The van der Waals surface area contributed by atoms with E-state index in [4.69, 9.17) is 4.74 Å². The van der Waals surface area contributed by atoms with Crippen molar-refractivity contribution < 1.29 is 14.3 Å². The Kier molecular flexibility index (Phi) is 4.71. The number of thiophene rings is 2. The quantitative estimate of drug-likeness (QED) is 0.481. The highest BCUT2D eigenvalue weighted by atomic mass is 32.1. The Morgan fingerprint density at radius 2 is 2.04 bits per heavy atom. The first-order valence-corrected chi connectivity index (χ1v) is 10.5. The van der Waals surface area contributed by atoms with E-state index >= 15 is 0 Å². The molecule has 8 heteroatoms. The number of rotatable bonds is 5. The minimum Gasteiger partial charge on any atom is -0.466 e. The Morgan fingerprint density at radius 3 is 2.88 bits per heavy atom. The van der Waals surface area contributed by atoms with Gasteiger partial charge in [0, 0.05) is 20.2 Å². The number of benzene rings is 1. The fourth-order valence-corrected chi connectivity index (χ4v) is 5.70. The molecule has 0 spiro atoms. The topological polar surface area (TPSA) is 68.3 Å². The van der Waals surface area contributed by atoms with Gasteiger partial charge in [-0.15, -0.1) is 34.0 Å². The second-order valence-electron chi connectivity index (χ2n) is 5.48. The molecule has 0 saturated heterocycles. The van der Waals surface area contributed by atoms with Crippen molar-refractivity contribution in [2.75, 3.05) is 11.9 Å². The Labute approximate surface area is 161 Å². The first kappa shape index (κ1) is 17.1. The number of amides is 1. The molecule has 0 radical (unpaired) electrons. The van der Waals surface area contributed by atoms with Crippen LogP contribution >= 0.6 is 34.0 Å². The predicted molar refractivity (Wildman–Crippen MR) is 108 cm³/mol. The summed E-state index contributed by atoms with van der Waals surface area (Å²) >= 11 is 4.47. The zero-order valence-electron chi connectivity index (χ0n) is 13.8. The number of hydrogen-bond acceptors (Lipinski definition) is 7. The first-order chi connectivity index (χ1) is 12.6. The summed E-state index contributed by atoms with van der Waals surface area (Å²) in [6, 6.07) is 10.1. The molecule has 3 heterocycles. The van der Waals surface area contributed by atoms with Gasteiger partial charge in [-0.3, -0.25) is 14.9 Å². The standard InChI is InChI=1S/C18H14N2O3S3/c1-2-23-15(21)7-10-9-24-18(19-10)20-17(22)14-8-13-16(26-14)11-5-3-4-6-12(11)25-13/h3-6,8-9H,2,7H2,1H3,(H,19,20,22). The molecule has 0 aliphatic carbocycles. The number of nitrogens with one attached hydrogen (secondary N) is 1. The first-order valence-electron chi connectivity index (χ1n) is 7.96. The van der Waals surface area contributed by atoms with Gasteiger partial charge in [0.25, 0.3) is 5.91 Å². The van der Waals surface area contributed by atoms with Crippen molar-refractivity contribution >= 4 is 70.5 Å². The van der Waals surface area contributed by atoms with Crippen LogP contribution < -0.4 is 5.32 Å². The molecule has 0 aliphatic rings. The van der Waals surface area contributed by atoms with Crippen molar-refractivity contribution in [3.8, 4) is 0 Å². The van der Waals surface area contributed by atoms with Crippen LogP contribution in [0.25, 0.3) is 19.5 Å². The molecule has 0 fully saturated rings. The zero-order chi connectivity index (χ0) is 18.1. The second kappa shape index (κ2) is 7.14. The lowest BCUT2D eigenvalue weighted by Gasteiger charge is -1.99. The summed E-state index contributed by atoms with van der Waals surface area (Å²) in [5, 5.41) is 6.24. The van der Waals surface area contributed by atoms with Crippen LogP contribution in [0.15, 0.2) is 35.7 Å². The van der Waals surface area contributed by atoms with Gasteiger partial charge in [0.15, 0.2) is 5.13 Å². The number of esters is 1. The van der Waals surface area contributed by atoms with E-state index < -0.39 is 0 Å². The third-order valence-electron chi connectivity index (χ3n) is 3.68. The maximum atomic E-state index is 12.5. The van der Waals surface area contributed by atoms with Gasteiger partial charge in [-0.25, -0.2) is 4.98 Å². The lowest BCUT2D eigenvalue weighted by Crippen LogP contribution is -2.11. The van der Waals surface area contributed by atoms with E-state index in [0.29, 0.717) is 22.3 Å². The van der Waals surface area contributed by atoms with Crippen LogP contribution in [0.1, 0.15) is 22.3 Å². The Morgan fingerprint density at radius 1 is 1.19 bits per heavy atom. The molecule has 0 atom stereocenters. The fourth-order valence-electron chi connectivity index (χ4n) is 2.58. The molecule has 4 aromatic rings. The Bertz CT molecular complexity index is 1110. The van der Waals surface area contributed by atoms with Crippen molar-refractivity contribution in [2.24, 2.45) is 0 Å². The fraction of sp³-hybridized carbons (Fsp3) is 0.167. The predicted octanol–water partition coefficient (Wildman–Crippen LogP) is 4.93. The van der Waals surface area contributed by atoms with Crippen LogP contribution in [-0.4, -0.2) is 23.5 Å².